The zero-order chi connectivity index (χ0) is 12.0. The number of halogens is 1. The van der Waals surface area contributed by atoms with Gasteiger partial charge in [-0.2, -0.15) is 0 Å². The van der Waals surface area contributed by atoms with Crippen LogP contribution in [0, 0.1) is 0 Å². The van der Waals surface area contributed by atoms with Crippen LogP contribution in [0.3, 0.4) is 0 Å². The number of carboxylic acids is 1. The van der Waals surface area contributed by atoms with Gasteiger partial charge in [-0.3, -0.25) is 4.79 Å². The minimum atomic E-state index is -1.13. The van der Waals surface area contributed by atoms with Crippen LogP contribution in [0.4, 0.5) is 0 Å². The summed E-state index contributed by atoms with van der Waals surface area (Å²) in [5.74, 6) is -0.912. The number of benzene rings is 1. The number of rotatable bonds is 6. The van der Waals surface area contributed by atoms with E-state index < -0.39 is 11.5 Å². The van der Waals surface area contributed by atoms with Crippen molar-refractivity contribution >= 4 is 18.4 Å². The highest BCUT2D eigenvalue weighted by atomic mass is 35.5. The first kappa shape index (κ1) is 15.9. The minimum absolute atomic E-state index is 0. The second-order valence-electron chi connectivity index (χ2n) is 4.23. The maximum atomic E-state index is 11.2. The molecule has 0 aliphatic rings. The zero-order valence-electron chi connectivity index (χ0n) is 10.1. The van der Waals surface area contributed by atoms with E-state index in [0.717, 1.165) is 18.4 Å². The topological polar surface area (TPSA) is 63.3 Å². The van der Waals surface area contributed by atoms with Crippen molar-refractivity contribution in [3.8, 4) is 0 Å². The van der Waals surface area contributed by atoms with E-state index in [0.29, 0.717) is 12.8 Å². The number of unbranched alkanes of at least 4 members (excludes halogenated alkanes) is 1. The van der Waals surface area contributed by atoms with Gasteiger partial charge < -0.3 is 10.8 Å². The molecule has 1 unspecified atom stereocenters. The fraction of sp³-hybridized carbons (Fsp3) is 0.462. The minimum Gasteiger partial charge on any atom is -0.480 e. The van der Waals surface area contributed by atoms with Gasteiger partial charge in [0, 0.05) is 6.42 Å². The average molecular weight is 258 g/mol. The van der Waals surface area contributed by atoms with Crippen LogP contribution in [0.15, 0.2) is 30.3 Å². The Morgan fingerprint density at radius 2 is 1.94 bits per heavy atom. The third-order valence-corrected chi connectivity index (χ3v) is 2.76. The van der Waals surface area contributed by atoms with Crippen LogP contribution in [0.5, 0.6) is 0 Å². The van der Waals surface area contributed by atoms with Gasteiger partial charge in [0.15, 0.2) is 0 Å². The fourth-order valence-electron chi connectivity index (χ4n) is 1.72. The van der Waals surface area contributed by atoms with E-state index in [2.05, 4.69) is 0 Å². The van der Waals surface area contributed by atoms with Crippen molar-refractivity contribution in [3.63, 3.8) is 0 Å². The van der Waals surface area contributed by atoms with Gasteiger partial charge in [-0.05, 0) is 12.0 Å². The molecule has 0 spiro atoms. The summed E-state index contributed by atoms with van der Waals surface area (Å²) >= 11 is 0. The molecule has 3 nitrogen and oxygen atoms in total. The molecule has 17 heavy (non-hydrogen) atoms. The molecular weight excluding hydrogens is 238 g/mol. The number of carboxylic acid groups (broad SMARTS) is 1. The van der Waals surface area contributed by atoms with Crippen molar-refractivity contribution < 1.29 is 9.90 Å². The highest BCUT2D eigenvalue weighted by Crippen LogP contribution is 2.18. The molecule has 0 amide bonds. The molecule has 0 aliphatic heterocycles. The molecule has 1 rings (SSSR count). The molecule has 0 fully saturated rings. The second-order valence-corrected chi connectivity index (χ2v) is 4.23. The van der Waals surface area contributed by atoms with E-state index in [1.54, 1.807) is 0 Å². The quantitative estimate of drug-likeness (QED) is 0.824. The summed E-state index contributed by atoms with van der Waals surface area (Å²) in [4.78, 5) is 11.2. The van der Waals surface area contributed by atoms with Gasteiger partial charge in [-0.15, -0.1) is 12.4 Å². The normalized spacial score (nSPS) is 13.5. The Hall–Kier alpha value is -1.06. The molecule has 0 aromatic heterocycles. The largest absolute Gasteiger partial charge is 0.480 e. The second kappa shape index (κ2) is 7.30. The summed E-state index contributed by atoms with van der Waals surface area (Å²) in [5.41, 5.74) is 5.81. The Morgan fingerprint density at radius 3 is 2.41 bits per heavy atom. The van der Waals surface area contributed by atoms with Crippen LogP contribution in [-0.2, 0) is 11.2 Å². The standard InChI is InChI=1S/C13H19NO2.ClH/c1-2-3-9-13(14,12(15)16)10-11-7-5-4-6-8-11;/h4-8H,2-3,9-10,14H2,1H3,(H,15,16);1H. The monoisotopic (exact) mass is 257 g/mol. The first-order valence-electron chi connectivity index (χ1n) is 5.64. The predicted octanol–water partition coefficient (Wildman–Crippen LogP) is 2.62. The van der Waals surface area contributed by atoms with E-state index in [1.165, 1.54) is 0 Å². The number of nitrogens with two attached hydrogens (primary N) is 1. The van der Waals surface area contributed by atoms with Crippen LogP contribution in [0.25, 0.3) is 0 Å². The Labute approximate surface area is 108 Å². The van der Waals surface area contributed by atoms with Crippen LogP contribution in [0.1, 0.15) is 31.7 Å². The lowest BCUT2D eigenvalue weighted by atomic mass is 9.87. The van der Waals surface area contributed by atoms with Crippen molar-refractivity contribution in [2.24, 2.45) is 5.73 Å². The highest BCUT2D eigenvalue weighted by molar-refractivity contribution is 5.85. The predicted molar refractivity (Wildman–Crippen MR) is 71.5 cm³/mol. The number of aliphatic carboxylic acids is 1. The summed E-state index contributed by atoms with van der Waals surface area (Å²) in [6.07, 6.45) is 2.72. The van der Waals surface area contributed by atoms with E-state index in [1.807, 2.05) is 37.3 Å². The molecule has 0 saturated carbocycles. The first-order chi connectivity index (χ1) is 7.58. The summed E-state index contributed by atoms with van der Waals surface area (Å²) in [6.45, 7) is 2.03. The first-order valence-corrected chi connectivity index (χ1v) is 5.64. The molecule has 4 heteroatoms. The van der Waals surface area contributed by atoms with Gasteiger partial charge in [0.1, 0.15) is 5.54 Å². The van der Waals surface area contributed by atoms with E-state index >= 15 is 0 Å². The molecule has 0 bridgehead atoms. The van der Waals surface area contributed by atoms with Crippen LogP contribution in [-0.4, -0.2) is 16.6 Å². The molecule has 0 heterocycles. The van der Waals surface area contributed by atoms with Gasteiger partial charge >= 0.3 is 5.97 Å². The highest BCUT2D eigenvalue weighted by Gasteiger charge is 2.33. The van der Waals surface area contributed by atoms with Crippen molar-refractivity contribution in [1.82, 2.24) is 0 Å². The summed E-state index contributed by atoms with van der Waals surface area (Å²) in [5, 5.41) is 9.20. The summed E-state index contributed by atoms with van der Waals surface area (Å²) in [6, 6.07) is 9.54. The third kappa shape index (κ3) is 4.75. The molecule has 96 valence electrons. The lowest BCUT2D eigenvalue weighted by Crippen LogP contribution is -2.49. The molecule has 1 atom stereocenters. The maximum Gasteiger partial charge on any atom is 0.324 e. The van der Waals surface area contributed by atoms with Crippen LogP contribution in [0.2, 0.25) is 0 Å². The van der Waals surface area contributed by atoms with E-state index in [4.69, 9.17) is 5.73 Å². The molecule has 3 N–H and O–H groups in total. The third-order valence-electron chi connectivity index (χ3n) is 2.76. The Balaban J connectivity index is 0.00000256. The van der Waals surface area contributed by atoms with Crippen molar-refractivity contribution in [2.75, 3.05) is 0 Å². The summed E-state index contributed by atoms with van der Waals surface area (Å²) < 4.78 is 0. The molecule has 0 radical (unpaired) electrons. The van der Waals surface area contributed by atoms with Gasteiger partial charge in [-0.25, -0.2) is 0 Å². The lowest BCUT2D eigenvalue weighted by Gasteiger charge is -2.24. The van der Waals surface area contributed by atoms with Crippen molar-refractivity contribution in [1.29, 1.82) is 0 Å². The zero-order valence-corrected chi connectivity index (χ0v) is 10.9. The Kier molecular flexibility index (Phi) is 6.85. The fourth-order valence-corrected chi connectivity index (χ4v) is 1.72. The SMILES string of the molecule is CCCCC(N)(Cc1ccccc1)C(=O)O.Cl. The molecule has 1 aromatic rings. The van der Waals surface area contributed by atoms with Crippen LogP contribution >= 0.6 is 12.4 Å². The van der Waals surface area contributed by atoms with Gasteiger partial charge in [0.25, 0.3) is 0 Å². The van der Waals surface area contributed by atoms with Crippen LogP contribution < -0.4 is 5.73 Å². The van der Waals surface area contributed by atoms with Gasteiger partial charge in [-0.1, -0.05) is 50.1 Å². The van der Waals surface area contributed by atoms with E-state index in [-0.39, 0.29) is 12.4 Å². The number of carbonyl (C=O) groups is 1. The number of hydrogen-bond acceptors (Lipinski definition) is 2. The van der Waals surface area contributed by atoms with Gasteiger partial charge in [0.2, 0.25) is 0 Å². The molecule has 1 aromatic carbocycles. The molecule has 0 aliphatic carbocycles. The summed E-state index contributed by atoms with van der Waals surface area (Å²) in [7, 11) is 0. The smallest absolute Gasteiger partial charge is 0.324 e. The van der Waals surface area contributed by atoms with Crippen molar-refractivity contribution in [3.05, 3.63) is 35.9 Å². The Morgan fingerprint density at radius 1 is 1.35 bits per heavy atom. The molecular formula is C13H20ClNO2. The van der Waals surface area contributed by atoms with E-state index in [9.17, 15) is 9.90 Å². The Bertz CT molecular complexity index is 343. The lowest BCUT2D eigenvalue weighted by molar-refractivity contribution is -0.143. The average Bonchev–Trinajstić information content (AvgIpc) is 2.27. The number of hydrogen-bond donors (Lipinski definition) is 2. The van der Waals surface area contributed by atoms with Crippen molar-refractivity contribution in [2.45, 2.75) is 38.1 Å². The maximum absolute atomic E-state index is 11.2. The molecule has 0 saturated heterocycles. The van der Waals surface area contributed by atoms with Gasteiger partial charge in [0.05, 0.1) is 0 Å².